The van der Waals surface area contributed by atoms with E-state index in [1.807, 2.05) is 38.1 Å². The SMILES string of the molecule is CN(C)c1ccc(NC(=O)C2(C)CCCN2)cn1. The molecule has 1 atom stereocenters. The van der Waals surface area contributed by atoms with E-state index in [0.29, 0.717) is 0 Å². The Labute approximate surface area is 108 Å². The summed E-state index contributed by atoms with van der Waals surface area (Å²) in [5.41, 5.74) is 0.292. The van der Waals surface area contributed by atoms with Crippen LogP contribution in [0.1, 0.15) is 19.8 Å². The summed E-state index contributed by atoms with van der Waals surface area (Å²) in [6.45, 7) is 2.85. The first kappa shape index (κ1) is 12.8. The lowest BCUT2D eigenvalue weighted by Crippen LogP contribution is -2.47. The summed E-state index contributed by atoms with van der Waals surface area (Å²) in [6.07, 6.45) is 3.61. The van der Waals surface area contributed by atoms with E-state index in [1.165, 1.54) is 0 Å². The summed E-state index contributed by atoms with van der Waals surface area (Å²) < 4.78 is 0. The van der Waals surface area contributed by atoms with E-state index < -0.39 is 5.54 Å². The van der Waals surface area contributed by atoms with Crippen molar-refractivity contribution in [2.24, 2.45) is 0 Å². The first-order valence-electron chi connectivity index (χ1n) is 6.21. The zero-order valence-electron chi connectivity index (χ0n) is 11.2. The van der Waals surface area contributed by atoms with Gasteiger partial charge in [-0.15, -0.1) is 0 Å². The van der Waals surface area contributed by atoms with Crippen molar-refractivity contribution in [2.75, 3.05) is 30.9 Å². The average Bonchev–Trinajstić information content (AvgIpc) is 2.78. The Hall–Kier alpha value is -1.62. The predicted molar refractivity (Wildman–Crippen MR) is 72.8 cm³/mol. The molecule has 1 saturated heterocycles. The maximum atomic E-state index is 12.1. The van der Waals surface area contributed by atoms with Crippen molar-refractivity contribution in [3.8, 4) is 0 Å². The van der Waals surface area contributed by atoms with Crippen LogP contribution in [0.3, 0.4) is 0 Å². The van der Waals surface area contributed by atoms with Crippen molar-refractivity contribution >= 4 is 17.4 Å². The molecule has 1 amide bonds. The average molecular weight is 248 g/mol. The fraction of sp³-hybridized carbons (Fsp3) is 0.538. The molecule has 98 valence electrons. The minimum atomic E-state index is -0.444. The number of rotatable bonds is 3. The van der Waals surface area contributed by atoms with E-state index >= 15 is 0 Å². The maximum absolute atomic E-state index is 12.1. The highest BCUT2D eigenvalue weighted by atomic mass is 16.2. The molecule has 0 spiro atoms. The zero-order valence-corrected chi connectivity index (χ0v) is 11.2. The second kappa shape index (κ2) is 4.94. The van der Waals surface area contributed by atoms with Crippen LogP contribution in [-0.2, 0) is 4.79 Å². The van der Waals surface area contributed by atoms with Crippen LogP contribution >= 0.6 is 0 Å². The van der Waals surface area contributed by atoms with Gasteiger partial charge in [-0.25, -0.2) is 4.98 Å². The summed E-state index contributed by atoms with van der Waals surface area (Å²) in [4.78, 5) is 18.3. The van der Waals surface area contributed by atoms with E-state index in [9.17, 15) is 4.79 Å². The standard InChI is InChI=1S/C13H20N4O/c1-13(7-4-8-15-13)12(18)16-10-5-6-11(14-9-10)17(2)3/h5-6,9,15H,4,7-8H2,1-3H3,(H,16,18). The molecule has 2 N–H and O–H groups in total. The van der Waals surface area contributed by atoms with Gasteiger partial charge in [0.05, 0.1) is 17.4 Å². The highest BCUT2D eigenvalue weighted by Gasteiger charge is 2.35. The van der Waals surface area contributed by atoms with E-state index in [4.69, 9.17) is 0 Å². The summed E-state index contributed by atoms with van der Waals surface area (Å²) in [5.74, 6) is 0.887. The van der Waals surface area contributed by atoms with Crippen molar-refractivity contribution in [3.05, 3.63) is 18.3 Å². The van der Waals surface area contributed by atoms with Gasteiger partial charge in [-0.05, 0) is 38.4 Å². The van der Waals surface area contributed by atoms with Crippen molar-refractivity contribution in [3.63, 3.8) is 0 Å². The third-order valence-corrected chi connectivity index (χ3v) is 3.33. The Bertz CT molecular complexity index is 421. The van der Waals surface area contributed by atoms with Gasteiger partial charge in [0.2, 0.25) is 5.91 Å². The fourth-order valence-electron chi connectivity index (χ4n) is 2.08. The second-order valence-corrected chi connectivity index (χ2v) is 5.12. The van der Waals surface area contributed by atoms with Gasteiger partial charge >= 0.3 is 0 Å². The summed E-state index contributed by atoms with van der Waals surface area (Å²) >= 11 is 0. The van der Waals surface area contributed by atoms with Crippen molar-refractivity contribution in [1.29, 1.82) is 0 Å². The van der Waals surface area contributed by atoms with Crippen LogP contribution in [0.15, 0.2) is 18.3 Å². The first-order chi connectivity index (χ1) is 8.51. The predicted octanol–water partition coefficient (Wildman–Crippen LogP) is 1.23. The Morgan fingerprint density at radius 1 is 1.50 bits per heavy atom. The topological polar surface area (TPSA) is 57.3 Å². The minimum absolute atomic E-state index is 0.0133. The molecule has 18 heavy (non-hydrogen) atoms. The van der Waals surface area contributed by atoms with Crippen LogP contribution in [0.2, 0.25) is 0 Å². The maximum Gasteiger partial charge on any atom is 0.244 e. The number of hydrogen-bond acceptors (Lipinski definition) is 4. The van der Waals surface area contributed by atoms with Crippen LogP contribution in [0.25, 0.3) is 0 Å². The molecule has 1 aliphatic rings. The lowest BCUT2D eigenvalue weighted by atomic mass is 9.99. The quantitative estimate of drug-likeness (QED) is 0.844. The third kappa shape index (κ3) is 2.61. The zero-order chi connectivity index (χ0) is 13.2. The number of aromatic nitrogens is 1. The number of nitrogens with zero attached hydrogens (tertiary/aromatic N) is 2. The highest BCUT2D eigenvalue weighted by molar-refractivity contribution is 5.98. The summed E-state index contributed by atoms with van der Waals surface area (Å²) in [7, 11) is 3.87. The van der Waals surface area contributed by atoms with Crippen molar-refractivity contribution in [2.45, 2.75) is 25.3 Å². The summed E-state index contributed by atoms with van der Waals surface area (Å²) in [5, 5.41) is 6.15. The monoisotopic (exact) mass is 248 g/mol. The molecule has 2 heterocycles. The molecule has 1 aromatic rings. The van der Waals surface area contributed by atoms with E-state index in [-0.39, 0.29) is 5.91 Å². The van der Waals surface area contributed by atoms with Gasteiger partial charge in [0, 0.05) is 14.1 Å². The Balaban J connectivity index is 2.03. The molecule has 1 aromatic heterocycles. The van der Waals surface area contributed by atoms with Gasteiger partial charge < -0.3 is 15.5 Å². The number of anilines is 2. The van der Waals surface area contributed by atoms with E-state index in [2.05, 4.69) is 15.6 Å². The Morgan fingerprint density at radius 2 is 2.28 bits per heavy atom. The molecule has 0 aromatic carbocycles. The minimum Gasteiger partial charge on any atom is -0.363 e. The Kier molecular flexibility index (Phi) is 3.52. The van der Waals surface area contributed by atoms with E-state index in [0.717, 1.165) is 30.9 Å². The molecule has 1 aliphatic heterocycles. The molecular formula is C13H20N4O. The second-order valence-electron chi connectivity index (χ2n) is 5.12. The molecule has 2 rings (SSSR count). The van der Waals surface area contributed by atoms with Crippen LogP contribution in [0.4, 0.5) is 11.5 Å². The van der Waals surface area contributed by atoms with Gasteiger partial charge in [0.25, 0.3) is 0 Å². The molecule has 0 saturated carbocycles. The van der Waals surface area contributed by atoms with E-state index in [1.54, 1.807) is 6.20 Å². The van der Waals surface area contributed by atoms with Gasteiger partial charge in [-0.1, -0.05) is 0 Å². The molecular weight excluding hydrogens is 228 g/mol. The van der Waals surface area contributed by atoms with Gasteiger partial charge in [0.15, 0.2) is 0 Å². The number of carbonyl (C=O) groups is 1. The number of carbonyl (C=O) groups excluding carboxylic acids is 1. The molecule has 5 nitrogen and oxygen atoms in total. The lowest BCUT2D eigenvalue weighted by Gasteiger charge is -2.23. The van der Waals surface area contributed by atoms with Gasteiger partial charge in [-0.3, -0.25) is 4.79 Å². The molecule has 0 bridgehead atoms. The number of amides is 1. The molecule has 0 radical (unpaired) electrons. The number of nitrogens with one attached hydrogen (secondary N) is 2. The van der Waals surface area contributed by atoms with Crippen LogP contribution in [-0.4, -0.2) is 37.1 Å². The molecule has 5 heteroatoms. The third-order valence-electron chi connectivity index (χ3n) is 3.33. The van der Waals surface area contributed by atoms with Crippen molar-refractivity contribution in [1.82, 2.24) is 10.3 Å². The van der Waals surface area contributed by atoms with Crippen LogP contribution in [0, 0.1) is 0 Å². The number of hydrogen-bond donors (Lipinski definition) is 2. The number of pyridine rings is 1. The largest absolute Gasteiger partial charge is 0.363 e. The van der Waals surface area contributed by atoms with Gasteiger partial charge in [-0.2, -0.15) is 0 Å². The highest BCUT2D eigenvalue weighted by Crippen LogP contribution is 2.21. The molecule has 0 aliphatic carbocycles. The first-order valence-corrected chi connectivity index (χ1v) is 6.21. The Morgan fingerprint density at radius 3 is 2.78 bits per heavy atom. The van der Waals surface area contributed by atoms with Crippen molar-refractivity contribution < 1.29 is 4.79 Å². The summed E-state index contributed by atoms with van der Waals surface area (Å²) in [6, 6.07) is 3.76. The van der Waals surface area contributed by atoms with Crippen LogP contribution < -0.4 is 15.5 Å². The lowest BCUT2D eigenvalue weighted by molar-refractivity contribution is -0.121. The molecule has 1 unspecified atom stereocenters. The normalized spacial score (nSPS) is 22.8. The van der Waals surface area contributed by atoms with Crippen LogP contribution in [0.5, 0.6) is 0 Å². The fourth-order valence-corrected chi connectivity index (χ4v) is 2.08. The van der Waals surface area contributed by atoms with Gasteiger partial charge in [0.1, 0.15) is 5.82 Å². The smallest absolute Gasteiger partial charge is 0.244 e. The molecule has 1 fully saturated rings.